The minimum Gasteiger partial charge on any atom is -0.493 e. The summed E-state index contributed by atoms with van der Waals surface area (Å²) >= 11 is 0. The van der Waals surface area contributed by atoms with Crippen LogP contribution in [0.2, 0.25) is 0 Å². The molecule has 0 aliphatic carbocycles. The molecule has 2 rings (SSSR count). The van der Waals surface area contributed by atoms with Gasteiger partial charge in [-0.25, -0.2) is 0 Å². The zero-order chi connectivity index (χ0) is 13.0. The zero-order valence-corrected chi connectivity index (χ0v) is 11.0. The number of pyridine rings is 1. The number of hydrogen-bond acceptors (Lipinski definition) is 3. The Bertz CT molecular complexity index is 511. The molecule has 0 bridgehead atoms. The second-order valence-corrected chi connectivity index (χ2v) is 4.30. The van der Waals surface area contributed by atoms with E-state index in [2.05, 4.69) is 29.4 Å². The molecule has 94 valence electrons. The average Bonchev–Trinajstić information content (AvgIpc) is 2.40. The molecule has 1 N–H and O–H groups in total. The smallest absolute Gasteiger partial charge is 0.160 e. The van der Waals surface area contributed by atoms with E-state index in [0.29, 0.717) is 0 Å². The van der Waals surface area contributed by atoms with Gasteiger partial charge in [-0.3, -0.25) is 4.98 Å². The molecule has 0 aliphatic rings. The summed E-state index contributed by atoms with van der Waals surface area (Å²) in [7, 11) is 1.66. The fourth-order valence-electron chi connectivity index (χ4n) is 1.88. The van der Waals surface area contributed by atoms with Gasteiger partial charge in [0.1, 0.15) is 0 Å². The number of rotatable bonds is 4. The molecule has 2 aromatic rings. The van der Waals surface area contributed by atoms with E-state index < -0.39 is 0 Å². The van der Waals surface area contributed by atoms with Gasteiger partial charge < -0.3 is 10.1 Å². The van der Waals surface area contributed by atoms with Crippen molar-refractivity contribution in [2.75, 3.05) is 12.4 Å². The third-order valence-corrected chi connectivity index (χ3v) is 2.90. The number of ether oxygens (including phenoxy) is 1. The lowest BCUT2D eigenvalue weighted by molar-refractivity contribution is 0.414. The molecule has 0 spiro atoms. The molecular weight excluding hydrogens is 224 g/mol. The molecule has 0 radical (unpaired) electrons. The van der Waals surface area contributed by atoms with Gasteiger partial charge in [-0.2, -0.15) is 0 Å². The van der Waals surface area contributed by atoms with Crippen LogP contribution in [-0.2, 0) is 0 Å². The molecule has 1 unspecified atom stereocenters. The number of aromatic nitrogens is 1. The molecule has 1 atom stereocenters. The van der Waals surface area contributed by atoms with Crippen LogP contribution in [0, 0.1) is 6.92 Å². The lowest BCUT2D eigenvalue weighted by Gasteiger charge is -2.18. The molecular formula is C15H18N2O. The van der Waals surface area contributed by atoms with Crippen molar-refractivity contribution in [2.24, 2.45) is 0 Å². The van der Waals surface area contributed by atoms with Crippen molar-refractivity contribution in [1.82, 2.24) is 4.98 Å². The summed E-state index contributed by atoms with van der Waals surface area (Å²) in [6.45, 7) is 4.10. The molecule has 0 fully saturated rings. The highest BCUT2D eigenvalue weighted by molar-refractivity contribution is 5.57. The SMILES string of the molecule is COc1cnc(C)cc1NC(C)c1ccccc1. The Morgan fingerprint density at radius 2 is 1.94 bits per heavy atom. The Kier molecular flexibility index (Phi) is 3.82. The first-order valence-electron chi connectivity index (χ1n) is 6.03. The fourth-order valence-corrected chi connectivity index (χ4v) is 1.88. The topological polar surface area (TPSA) is 34.1 Å². The van der Waals surface area contributed by atoms with Gasteiger partial charge in [0.15, 0.2) is 5.75 Å². The second kappa shape index (κ2) is 5.54. The normalized spacial score (nSPS) is 11.9. The summed E-state index contributed by atoms with van der Waals surface area (Å²) < 4.78 is 5.31. The van der Waals surface area contributed by atoms with E-state index in [9.17, 15) is 0 Å². The minimum atomic E-state index is 0.224. The van der Waals surface area contributed by atoms with Crippen molar-refractivity contribution in [2.45, 2.75) is 19.9 Å². The Hall–Kier alpha value is -2.03. The second-order valence-electron chi connectivity index (χ2n) is 4.30. The first-order chi connectivity index (χ1) is 8.70. The highest BCUT2D eigenvalue weighted by atomic mass is 16.5. The number of aryl methyl sites for hydroxylation is 1. The number of nitrogens with zero attached hydrogens (tertiary/aromatic N) is 1. The van der Waals surface area contributed by atoms with Gasteiger partial charge >= 0.3 is 0 Å². The van der Waals surface area contributed by atoms with Crippen LogP contribution in [0.25, 0.3) is 0 Å². The Labute approximate surface area is 108 Å². The van der Waals surface area contributed by atoms with Crippen LogP contribution in [0.5, 0.6) is 5.75 Å². The van der Waals surface area contributed by atoms with Crippen molar-refractivity contribution in [3.05, 3.63) is 53.9 Å². The molecule has 1 aromatic carbocycles. The van der Waals surface area contributed by atoms with E-state index >= 15 is 0 Å². The summed E-state index contributed by atoms with van der Waals surface area (Å²) in [6, 6.07) is 12.6. The van der Waals surface area contributed by atoms with Crippen LogP contribution in [0.1, 0.15) is 24.2 Å². The summed E-state index contributed by atoms with van der Waals surface area (Å²) in [6.07, 6.45) is 1.75. The Balaban J connectivity index is 2.21. The van der Waals surface area contributed by atoms with E-state index in [1.165, 1.54) is 5.56 Å². The largest absolute Gasteiger partial charge is 0.493 e. The number of nitrogens with one attached hydrogen (secondary N) is 1. The average molecular weight is 242 g/mol. The Morgan fingerprint density at radius 1 is 1.22 bits per heavy atom. The maximum Gasteiger partial charge on any atom is 0.160 e. The highest BCUT2D eigenvalue weighted by Gasteiger charge is 2.09. The van der Waals surface area contributed by atoms with Crippen LogP contribution in [0.4, 0.5) is 5.69 Å². The van der Waals surface area contributed by atoms with E-state index in [-0.39, 0.29) is 6.04 Å². The number of benzene rings is 1. The monoisotopic (exact) mass is 242 g/mol. The van der Waals surface area contributed by atoms with E-state index in [1.807, 2.05) is 31.2 Å². The summed E-state index contributed by atoms with van der Waals surface area (Å²) in [5, 5.41) is 3.45. The van der Waals surface area contributed by atoms with Crippen LogP contribution in [0.15, 0.2) is 42.6 Å². The standard InChI is InChI=1S/C15H18N2O/c1-11-9-14(15(18-3)10-16-11)17-12(2)13-7-5-4-6-8-13/h4-10,12H,1-3H3,(H,16,17). The van der Waals surface area contributed by atoms with Gasteiger partial charge in [-0.1, -0.05) is 30.3 Å². The van der Waals surface area contributed by atoms with Crippen molar-refractivity contribution in [1.29, 1.82) is 0 Å². The highest BCUT2D eigenvalue weighted by Crippen LogP contribution is 2.27. The third kappa shape index (κ3) is 2.80. The summed E-state index contributed by atoms with van der Waals surface area (Å²) in [4.78, 5) is 4.23. The molecule has 0 amide bonds. The number of methoxy groups -OCH3 is 1. The molecule has 1 heterocycles. The molecule has 18 heavy (non-hydrogen) atoms. The predicted molar refractivity (Wildman–Crippen MR) is 74.0 cm³/mol. The predicted octanol–water partition coefficient (Wildman–Crippen LogP) is 3.57. The first-order valence-corrected chi connectivity index (χ1v) is 6.03. The van der Waals surface area contributed by atoms with Crippen LogP contribution in [-0.4, -0.2) is 12.1 Å². The summed E-state index contributed by atoms with van der Waals surface area (Å²) in [5.41, 5.74) is 3.19. The lowest BCUT2D eigenvalue weighted by Crippen LogP contribution is -2.08. The van der Waals surface area contributed by atoms with Gasteiger partial charge in [0.05, 0.1) is 19.0 Å². The van der Waals surface area contributed by atoms with E-state index in [0.717, 1.165) is 17.1 Å². The van der Waals surface area contributed by atoms with Gasteiger partial charge in [0.2, 0.25) is 0 Å². The van der Waals surface area contributed by atoms with Gasteiger partial charge in [-0.15, -0.1) is 0 Å². The van der Waals surface area contributed by atoms with E-state index in [1.54, 1.807) is 13.3 Å². The first kappa shape index (κ1) is 12.4. The van der Waals surface area contributed by atoms with Crippen LogP contribution in [0.3, 0.4) is 0 Å². The molecule has 3 nitrogen and oxygen atoms in total. The zero-order valence-electron chi connectivity index (χ0n) is 11.0. The van der Waals surface area contributed by atoms with Crippen molar-refractivity contribution < 1.29 is 4.74 Å². The van der Waals surface area contributed by atoms with E-state index in [4.69, 9.17) is 4.74 Å². The minimum absolute atomic E-state index is 0.224. The number of hydrogen-bond donors (Lipinski definition) is 1. The Morgan fingerprint density at radius 3 is 2.61 bits per heavy atom. The van der Waals surface area contributed by atoms with Crippen LogP contribution < -0.4 is 10.1 Å². The molecule has 3 heteroatoms. The van der Waals surface area contributed by atoms with Crippen molar-refractivity contribution in [3.63, 3.8) is 0 Å². The van der Waals surface area contributed by atoms with Crippen molar-refractivity contribution >= 4 is 5.69 Å². The fraction of sp³-hybridized carbons (Fsp3) is 0.267. The maximum absolute atomic E-state index is 5.31. The molecule has 0 saturated heterocycles. The van der Waals surface area contributed by atoms with Crippen LogP contribution >= 0.6 is 0 Å². The third-order valence-electron chi connectivity index (χ3n) is 2.90. The lowest BCUT2D eigenvalue weighted by atomic mass is 10.1. The quantitative estimate of drug-likeness (QED) is 0.890. The summed E-state index contributed by atoms with van der Waals surface area (Å²) in [5.74, 6) is 0.767. The molecule has 0 aliphatic heterocycles. The van der Waals surface area contributed by atoms with Gasteiger partial charge in [0.25, 0.3) is 0 Å². The van der Waals surface area contributed by atoms with Crippen molar-refractivity contribution in [3.8, 4) is 5.75 Å². The maximum atomic E-state index is 5.31. The van der Waals surface area contributed by atoms with Gasteiger partial charge in [0, 0.05) is 11.7 Å². The molecule has 1 aromatic heterocycles. The van der Waals surface area contributed by atoms with Gasteiger partial charge in [-0.05, 0) is 25.5 Å². The number of anilines is 1. The molecule has 0 saturated carbocycles.